The molecule has 0 aliphatic carbocycles. The Bertz CT molecular complexity index is 203. The number of rotatable bonds is 2. The van der Waals surface area contributed by atoms with Crippen molar-refractivity contribution in [2.24, 2.45) is 0 Å². The first-order chi connectivity index (χ1) is 5.77. The topological polar surface area (TPSA) is 44.4 Å². The van der Waals surface area contributed by atoms with Crippen LogP contribution in [0.4, 0.5) is 0 Å². The van der Waals surface area contributed by atoms with Crippen molar-refractivity contribution in [3.8, 4) is 0 Å². The predicted octanol–water partition coefficient (Wildman–Crippen LogP) is -0.376. The Morgan fingerprint density at radius 1 is 1.50 bits per heavy atom. The average molecular weight is 242 g/mol. The number of hydrogen-bond donors (Lipinski definition) is 2. The molecule has 4 nitrogen and oxygen atoms in total. The molecule has 0 unspecified atom stereocenters. The Kier molecular flexibility index (Phi) is 5.15. The van der Waals surface area contributed by atoms with Crippen LogP contribution in [0.2, 0.25) is 0 Å². The van der Waals surface area contributed by atoms with E-state index >= 15 is 0 Å². The summed E-state index contributed by atoms with van der Waals surface area (Å²) in [6.07, 6.45) is 1.25. The highest BCUT2D eigenvalue weighted by molar-refractivity contribution is 5.85. The first-order valence-corrected chi connectivity index (χ1v) is 4.43. The molecule has 2 saturated heterocycles. The summed E-state index contributed by atoms with van der Waals surface area (Å²) in [5.41, 5.74) is 0.354. The van der Waals surface area contributed by atoms with Crippen LogP contribution in [-0.4, -0.2) is 49.6 Å². The highest BCUT2D eigenvalue weighted by atomic mass is 35.5. The van der Waals surface area contributed by atoms with Crippen molar-refractivity contribution in [1.82, 2.24) is 15.5 Å². The molecule has 2 aliphatic rings. The predicted molar refractivity (Wildman–Crippen MR) is 60.4 cm³/mol. The first kappa shape index (κ1) is 14.0. The molecule has 14 heavy (non-hydrogen) atoms. The van der Waals surface area contributed by atoms with E-state index in [1.54, 1.807) is 7.05 Å². The summed E-state index contributed by atoms with van der Waals surface area (Å²) in [5, 5.41) is 5.90. The lowest BCUT2D eigenvalue weighted by Gasteiger charge is -2.58. The molecular weight excluding hydrogens is 225 g/mol. The van der Waals surface area contributed by atoms with Gasteiger partial charge in [0, 0.05) is 32.2 Å². The van der Waals surface area contributed by atoms with Crippen molar-refractivity contribution in [2.45, 2.75) is 12.0 Å². The van der Waals surface area contributed by atoms with Crippen molar-refractivity contribution < 1.29 is 4.79 Å². The van der Waals surface area contributed by atoms with Crippen molar-refractivity contribution in [2.75, 3.05) is 33.2 Å². The second-order valence-electron chi connectivity index (χ2n) is 3.67. The number of carbonyl (C=O) groups is 1. The summed E-state index contributed by atoms with van der Waals surface area (Å²) in [6, 6.07) is 0. The van der Waals surface area contributed by atoms with Crippen LogP contribution in [0.1, 0.15) is 6.42 Å². The van der Waals surface area contributed by atoms with Crippen LogP contribution < -0.4 is 10.6 Å². The van der Waals surface area contributed by atoms with Gasteiger partial charge in [-0.15, -0.1) is 24.8 Å². The van der Waals surface area contributed by atoms with Gasteiger partial charge in [-0.05, 0) is 6.42 Å². The van der Waals surface area contributed by atoms with Gasteiger partial charge in [-0.2, -0.15) is 0 Å². The maximum absolute atomic E-state index is 11.1. The van der Waals surface area contributed by atoms with Gasteiger partial charge in [-0.1, -0.05) is 0 Å². The Labute approximate surface area is 96.6 Å². The largest absolute Gasteiger partial charge is 0.358 e. The highest BCUT2D eigenvalue weighted by Crippen LogP contribution is 2.33. The number of likely N-dealkylation sites (tertiary alicyclic amines) is 1. The molecule has 0 bridgehead atoms. The van der Waals surface area contributed by atoms with E-state index in [-0.39, 0.29) is 30.7 Å². The maximum atomic E-state index is 11.1. The molecular formula is C8H17Cl2N3O. The van der Waals surface area contributed by atoms with Gasteiger partial charge in [0.25, 0.3) is 0 Å². The van der Waals surface area contributed by atoms with Gasteiger partial charge in [0.15, 0.2) is 0 Å². The third-order valence-electron chi connectivity index (χ3n) is 3.04. The molecule has 1 amide bonds. The molecule has 0 atom stereocenters. The van der Waals surface area contributed by atoms with Crippen LogP contribution in [0.5, 0.6) is 0 Å². The lowest BCUT2D eigenvalue weighted by Crippen LogP contribution is -2.76. The molecule has 2 N–H and O–H groups in total. The molecule has 0 saturated carbocycles. The molecule has 1 spiro atoms. The van der Waals surface area contributed by atoms with Crippen LogP contribution in [0.15, 0.2) is 0 Å². The Morgan fingerprint density at radius 2 is 2.14 bits per heavy atom. The summed E-state index contributed by atoms with van der Waals surface area (Å²) in [5.74, 6) is 0.126. The minimum atomic E-state index is 0. The summed E-state index contributed by atoms with van der Waals surface area (Å²) in [4.78, 5) is 13.3. The van der Waals surface area contributed by atoms with Crippen molar-refractivity contribution >= 4 is 30.7 Å². The van der Waals surface area contributed by atoms with Gasteiger partial charge >= 0.3 is 0 Å². The third kappa shape index (κ3) is 2.14. The molecule has 0 aromatic heterocycles. The van der Waals surface area contributed by atoms with E-state index in [2.05, 4.69) is 15.5 Å². The number of nitrogens with one attached hydrogen (secondary N) is 2. The van der Waals surface area contributed by atoms with Crippen LogP contribution in [0.25, 0.3) is 0 Å². The summed E-state index contributed by atoms with van der Waals surface area (Å²) >= 11 is 0. The van der Waals surface area contributed by atoms with Crippen molar-refractivity contribution in [1.29, 1.82) is 0 Å². The second-order valence-corrected chi connectivity index (χ2v) is 3.67. The van der Waals surface area contributed by atoms with E-state index in [0.717, 1.165) is 19.6 Å². The molecule has 2 rings (SSSR count). The van der Waals surface area contributed by atoms with Gasteiger partial charge in [-0.3, -0.25) is 9.69 Å². The Morgan fingerprint density at radius 3 is 2.43 bits per heavy atom. The van der Waals surface area contributed by atoms with Gasteiger partial charge in [0.1, 0.15) is 0 Å². The lowest BCUT2D eigenvalue weighted by molar-refractivity contribution is -0.129. The molecule has 2 aliphatic heterocycles. The first-order valence-electron chi connectivity index (χ1n) is 4.43. The number of amides is 1. The monoisotopic (exact) mass is 241 g/mol. The molecule has 84 valence electrons. The van der Waals surface area contributed by atoms with E-state index in [1.165, 1.54) is 6.42 Å². The smallest absolute Gasteiger partial charge is 0.233 e. The van der Waals surface area contributed by atoms with Gasteiger partial charge in [-0.25, -0.2) is 0 Å². The number of nitrogens with zero attached hydrogens (tertiary/aromatic N) is 1. The fraction of sp³-hybridized carbons (Fsp3) is 0.875. The van der Waals surface area contributed by atoms with E-state index in [4.69, 9.17) is 0 Å². The molecule has 0 radical (unpaired) electrons. The van der Waals surface area contributed by atoms with Gasteiger partial charge < -0.3 is 10.6 Å². The fourth-order valence-electron chi connectivity index (χ4n) is 1.90. The van der Waals surface area contributed by atoms with E-state index in [1.807, 2.05) is 0 Å². The minimum absolute atomic E-state index is 0. The van der Waals surface area contributed by atoms with E-state index < -0.39 is 0 Å². The summed E-state index contributed by atoms with van der Waals surface area (Å²) < 4.78 is 0. The molecule has 2 heterocycles. The zero-order valence-corrected chi connectivity index (χ0v) is 9.84. The summed E-state index contributed by atoms with van der Waals surface area (Å²) in [6.45, 7) is 3.77. The Hall–Kier alpha value is -0.0300. The number of likely N-dealkylation sites (N-methyl/N-ethyl adjacent to an activating group) is 1. The number of carbonyl (C=O) groups excluding carboxylic acids is 1. The van der Waals surface area contributed by atoms with Crippen LogP contribution >= 0.6 is 24.8 Å². The van der Waals surface area contributed by atoms with E-state index in [0.29, 0.717) is 12.1 Å². The van der Waals surface area contributed by atoms with Gasteiger partial charge in [0.05, 0.1) is 6.54 Å². The normalized spacial score (nSPS) is 22.4. The Balaban J connectivity index is 0.000000845. The van der Waals surface area contributed by atoms with Crippen LogP contribution in [0.3, 0.4) is 0 Å². The quantitative estimate of drug-likeness (QED) is 0.694. The van der Waals surface area contributed by atoms with Crippen LogP contribution in [0, 0.1) is 0 Å². The average Bonchev–Trinajstić information content (AvgIpc) is 1.94. The zero-order valence-electron chi connectivity index (χ0n) is 8.21. The molecule has 2 fully saturated rings. The summed E-state index contributed by atoms with van der Waals surface area (Å²) in [7, 11) is 1.69. The SMILES string of the molecule is CNC(=O)CN1CCC12CNC2.Cl.Cl. The maximum Gasteiger partial charge on any atom is 0.233 e. The fourth-order valence-corrected chi connectivity index (χ4v) is 1.90. The van der Waals surface area contributed by atoms with Crippen LogP contribution in [-0.2, 0) is 4.79 Å². The molecule has 6 heteroatoms. The zero-order chi connectivity index (χ0) is 8.60. The van der Waals surface area contributed by atoms with Crippen molar-refractivity contribution in [3.63, 3.8) is 0 Å². The van der Waals surface area contributed by atoms with E-state index in [9.17, 15) is 4.79 Å². The molecule has 0 aromatic rings. The second kappa shape index (κ2) is 5.16. The minimum Gasteiger partial charge on any atom is -0.358 e. The lowest BCUT2D eigenvalue weighted by atomic mass is 9.79. The standard InChI is InChI=1S/C8H15N3O.2ClH/c1-9-7(12)4-11-3-2-8(11)5-10-6-8;;/h10H,2-6H2,1H3,(H,9,12);2*1H. The number of hydrogen-bond acceptors (Lipinski definition) is 3. The highest BCUT2D eigenvalue weighted by Gasteiger charge is 2.49. The number of halogens is 2. The van der Waals surface area contributed by atoms with Gasteiger partial charge in [0.2, 0.25) is 5.91 Å². The third-order valence-corrected chi connectivity index (χ3v) is 3.04. The van der Waals surface area contributed by atoms with Crippen molar-refractivity contribution in [3.05, 3.63) is 0 Å². The molecule has 0 aromatic carbocycles.